The van der Waals surface area contributed by atoms with E-state index in [-0.39, 0.29) is 5.91 Å². The first kappa shape index (κ1) is 19.7. The monoisotopic (exact) mass is 412 g/mol. The summed E-state index contributed by atoms with van der Waals surface area (Å²) in [6.07, 6.45) is 5.60. The second-order valence-corrected chi connectivity index (χ2v) is 7.94. The van der Waals surface area contributed by atoms with Crippen molar-refractivity contribution < 1.29 is 9.53 Å². The lowest BCUT2D eigenvalue weighted by Crippen LogP contribution is -2.17. The number of rotatable bonds is 4. The van der Waals surface area contributed by atoms with Crippen LogP contribution in [0.3, 0.4) is 0 Å². The number of hydrogen-bond acceptors (Lipinski definition) is 3. The molecule has 0 aliphatic carbocycles. The Balaban J connectivity index is 1.81. The van der Waals surface area contributed by atoms with Crippen molar-refractivity contribution in [3.63, 3.8) is 0 Å². The predicted octanol–water partition coefficient (Wildman–Crippen LogP) is 5.49. The van der Waals surface area contributed by atoms with Crippen molar-refractivity contribution in [1.82, 2.24) is 4.57 Å². The largest absolute Gasteiger partial charge is 0.457 e. The van der Waals surface area contributed by atoms with Gasteiger partial charge in [0.05, 0.1) is 22.3 Å². The first-order chi connectivity index (χ1) is 14.6. The molecule has 30 heavy (non-hydrogen) atoms. The summed E-state index contributed by atoms with van der Waals surface area (Å²) in [5.41, 5.74) is 3.69. The summed E-state index contributed by atoms with van der Waals surface area (Å²) in [7, 11) is 0. The molecule has 0 fully saturated rings. The topological polar surface area (TPSA) is 43.6 Å². The lowest BCUT2D eigenvalue weighted by Gasteiger charge is -2.08. The van der Waals surface area contributed by atoms with E-state index in [0.29, 0.717) is 28.4 Å². The van der Waals surface area contributed by atoms with Gasteiger partial charge < -0.3 is 9.30 Å². The molecule has 0 atom stereocenters. The molecule has 1 heterocycles. The first-order valence-corrected chi connectivity index (χ1v) is 10.3. The molecule has 0 aliphatic heterocycles. The Kier molecular flexibility index (Phi) is 5.51. The van der Waals surface area contributed by atoms with Crippen LogP contribution in [0.15, 0.2) is 71.7 Å². The number of amides is 1. The van der Waals surface area contributed by atoms with Gasteiger partial charge in [0.25, 0.3) is 5.91 Å². The van der Waals surface area contributed by atoms with Gasteiger partial charge in [-0.1, -0.05) is 53.7 Å². The standard InChI is InChI=1S/C25H20N2O2S/c1-4-14-27-23-18(3)15-17(2)16-22(23)30-25(27)26-24(28)20-12-8-9-13-21(20)29-19-10-6-5-7-11-19/h1,5-13,15-16H,14H2,2-3H3. The molecule has 4 nitrogen and oxygen atoms in total. The Morgan fingerprint density at radius 2 is 1.83 bits per heavy atom. The van der Waals surface area contributed by atoms with E-state index in [1.807, 2.05) is 47.9 Å². The number of terminal acetylenes is 1. The number of aryl methyl sites for hydroxylation is 2. The van der Waals surface area contributed by atoms with Gasteiger partial charge in [-0.05, 0) is 55.3 Å². The summed E-state index contributed by atoms with van der Waals surface area (Å²) in [5, 5.41) is 0. The highest BCUT2D eigenvalue weighted by Crippen LogP contribution is 2.26. The van der Waals surface area contributed by atoms with Crippen molar-refractivity contribution in [1.29, 1.82) is 0 Å². The number of carbonyl (C=O) groups excluding carboxylic acids is 1. The van der Waals surface area contributed by atoms with Crippen LogP contribution in [0.2, 0.25) is 0 Å². The van der Waals surface area contributed by atoms with Gasteiger partial charge in [-0.3, -0.25) is 4.79 Å². The van der Waals surface area contributed by atoms with Crippen molar-refractivity contribution >= 4 is 27.5 Å². The van der Waals surface area contributed by atoms with E-state index in [2.05, 4.69) is 30.0 Å². The van der Waals surface area contributed by atoms with E-state index in [9.17, 15) is 4.79 Å². The van der Waals surface area contributed by atoms with Gasteiger partial charge in [0, 0.05) is 0 Å². The maximum Gasteiger partial charge on any atom is 0.283 e. The lowest BCUT2D eigenvalue weighted by atomic mass is 10.1. The number of thiazole rings is 1. The van der Waals surface area contributed by atoms with E-state index >= 15 is 0 Å². The molecule has 5 heteroatoms. The number of ether oxygens (including phenoxy) is 1. The van der Waals surface area contributed by atoms with Crippen molar-refractivity contribution in [2.45, 2.75) is 20.4 Å². The summed E-state index contributed by atoms with van der Waals surface area (Å²) in [5.74, 6) is 3.43. The molecule has 0 spiro atoms. The molecule has 3 aromatic carbocycles. The molecule has 1 amide bonds. The smallest absolute Gasteiger partial charge is 0.283 e. The van der Waals surface area contributed by atoms with Gasteiger partial charge in [0.1, 0.15) is 11.5 Å². The van der Waals surface area contributed by atoms with E-state index in [0.717, 1.165) is 21.3 Å². The molecule has 0 saturated carbocycles. The fourth-order valence-corrected chi connectivity index (χ4v) is 4.61. The normalized spacial score (nSPS) is 11.4. The highest BCUT2D eigenvalue weighted by atomic mass is 32.1. The van der Waals surface area contributed by atoms with E-state index in [4.69, 9.17) is 11.2 Å². The van der Waals surface area contributed by atoms with Crippen LogP contribution in [0.4, 0.5) is 0 Å². The Hall–Kier alpha value is -3.62. The highest BCUT2D eigenvalue weighted by Gasteiger charge is 2.15. The Labute approximate surface area is 179 Å². The molecule has 0 aliphatic rings. The molecular weight excluding hydrogens is 392 g/mol. The fraction of sp³-hybridized carbons (Fsp3) is 0.120. The zero-order valence-corrected chi connectivity index (χ0v) is 17.6. The second kappa shape index (κ2) is 8.40. The maximum atomic E-state index is 13.1. The molecular formula is C25H20N2O2S. The quantitative estimate of drug-likeness (QED) is 0.416. The third kappa shape index (κ3) is 3.91. The van der Waals surface area contributed by atoms with Gasteiger partial charge >= 0.3 is 0 Å². The van der Waals surface area contributed by atoms with Crippen LogP contribution in [0.25, 0.3) is 10.2 Å². The molecule has 0 bridgehead atoms. The number of benzene rings is 3. The van der Waals surface area contributed by atoms with Gasteiger partial charge in [-0.25, -0.2) is 0 Å². The average molecular weight is 413 g/mol. The maximum absolute atomic E-state index is 13.1. The van der Waals surface area contributed by atoms with Crippen LogP contribution in [0, 0.1) is 26.2 Å². The molecule has 148 valence electrons. The van der Waals surface area contributed by atoms with Crippen molar-refractivity contribution in [3.8, 4) is 23.8 Å². The van der Waals surface area contributed by atoms with Crippen LogP contribution in [-0.4, -0.2) is 10.5 Å². The minimum absolute atomic E-state index is 0.345. The zero-order chi connectivity index (χ0) is 21.1. The van der Waals surface area contributed by atoms with Crippen molar-refractivity contribution in [3.05, 3.63) is 88.2 Å². The third-order valence-corrected chi connectivity index (χ3v) is 5.67. The van der Waals surface area contributed by atoms with Crippen LogP contribution in [-0.2, 0) is 6.54 Å². The van der Waals surface area contributed by atoms with E-state index < -0.39 is 0 Å². The van der Waals surface area contributed by atoms with Crippen LogP contribution in [0.1, 0.15) is 21.5 Å². The van der Waals surface area contributed by atoms with Crippen LogP contribution >= 0.6 is 11.3 Å². The molecule has 0 unspecified atom stereocenters. The minimum atomic E-state index is -0.367. The number of carbonyl (C=O) groups is 1. The Morgan fingerprint density at radius 1 is 1.10 bits per heavy atom. The predicted molar refractivity (Wildman–Crippen MR) is 121 cm³/mol. The molecule has 4 rings (SSSR count). The first-order valence-electron chi connectivity index (χ1n) is 9.52. The van der Waals surface area contributed by atoms with Crippen molar-refractivity contribution in [2.75, 3.05) is 0 Å². The third-order valence-electron chi connectivity index (χ3n) is 4.65. The summed E-state index contributed by atoms with van der Waals surface area (Å²) in [4.78, 5) is 18.1. The highest BCUT2D eigenvalue weighted by molar-refractivity contribution is 7.16. The fourth-order valence-electron chi connectivity index (χ4n) is 3.41. The van der Waals surface area contributed by atoms with E-state index in [1.165, 1.54) is 11.3 Å². The van der Waals surface area contributed by atoms with Gasteiger partial charge in [-0.15, -0.1) is 6.42 Å². The lowest BCUT2D eigenvalue weighted by molar-refractivity contribution is 0.0995. The van der Waals surface area contributed by atoms with Crippen LogP contribution < -0.4 is 9.54 Å². The molecule has 1 aromatic heterocycles. The molecule has 0 radical (unpaired) electrons. The van der Waals surface area contributed by atoms with Crippen LogP contribution in [0.5, 0.6) is 11.5 Å². The SMILES string of the molecule is C#CCn1c(=NC(=O)c2ccccc2Oc2ccccc2)sc2cc(C)cc(C)c21. The average Bonchev–Trinajstić information content (AvgIpc) is 3.06. The zero-order valence-electron chi connectivity index (χ0n) is 16.8. The Morgan fingerprint density at radius 3 is 2.60 bits per heavy atom. The summed E-state index contributed by atoms with van der Waals surface area (Å²) in [6.45, 7) is 4.44. The summed E-state index contributed by atoms with van der Waals surface area (Å²) < 4.78 is 8.91. The number of nitrogens with zero attached hydrogens (tertiary/aromatic N) is 2. The number of para-hydroxylation sites is 2. The number of fused-ring (bicyclic) bond motifs is 1. The summed E-state index contributed by atoms with van der Waals surface area (Å²) >= 11 is 1.46. The molecule has 0 saturated heterocycles. The van der Waals surface area contributed by atoms with Gasteiger partial charge in [0.2, 0.25) is 0 Å². The minimum Gasteiger partial charge on any atom is -0.457 e. The molecule has 4 aromatic rings. The Bertz CT molecular complexity index is 1340. The second-order valence-electron chi connectivity index (χ2n) is 6.93. The van der Waals surface area contributed by atoms with Gasteiger partial charge in [-0.2, -0.15) is 4.99 Å². The number of aromatic nitrogens is 1. The van der Waals surface area contributed by atoms with Gasteiger partial charge in [0.15, 0.2) is 4.80 Å². The van der Waals surface area contributed by atoms with E-state index in [1.54, 1.807) is 18.2 Å². The van der Waals surface area contributed by atoms with Crippen molar-refractivity contribution in [2.24, 2.45) is 4.99 Å². The molecule has 0 N–H and O–H groups in total. The summed E-state index contributed by atoms with van der Waals surface area (Å²) in [6, 6.07) is 20.7. The number of hydrogen-bond donors (Lipinski definition) is 0.